The van der Waals surface area contributed by atoms with Crippen LogP contribution in [0.3, 0.4) is 0 Å². The van der Waals surface area contributed by atoms with Crippen molar-refractivity contribution < 1.29 is 22.8 Å². The molecular formula is C14H7BrF3N3O2. The Hall–Kier alpha value is -2.42. The molecule has 0 amide bonds. The first-order valence-corrected chi connectivity index (χ1v) is 7.05. The topological polar surface area (TPSA) is 74.8 Å². The van der Waals surface area contributed by atoms with Crippen molar-refractivity contribution in [2.75, 3.05) is 5.32 Å². The minimum Gasteiger partial charge on any atom is -0.351 e. The van der Waals surface area contributed by atoms with E-state index in [0.29, 0.717) is 0 Å². The fourth-order valence-corrected chi connectivity index (χ4v) is 2.59. The van der Waals surface area contributed by atoms with Gasteiger partial charge in [0.05, 0.1) is 16.4 Å². The molecule has 0 atom stereocenters. The summed E-state index contributed by atoms with van der Waals surface area (Å²) in [5.41, 5.74) is -1.03. The number of alkyl halides is 3. The van der Waals surface area contributed by atoms with Crippen LogP contribution in [0.15, 0.2) is 40.8 Å². The van der Waals surface area contributed by atoms with E-state index in [9.17, 15) is 22.8 Å². The predicted octanol–water partition coefficient (Wildman–Crippen LogP) is 3.53. The van der Waals surface area contributed by atoms with Crippen LogP contribution in [0.2, 0.25) is 0 Å². The number of rotatable bonds is 2. The van der Waals surface area contributed by atoms with Crippen LogP contribution >= 0.6 is 15.9 Å². The number of hydrogen-bond acceptors (Lipinski definition) is 4. The van der Waals surface area contributed by atoms with Crippen molar-refractivity contribution >= 4 is 33.2 Å². The number of fused-ring (bicyclic) bond motifs is 1. The Morgan fingerprint density at radius 1 is 1.17 bits per heavy atom. The fourth-order valence-electron chi connectivity index (χ4n) is 2.11. The third-order valence-corrected chi connectivity index (χ3v) is 3.94. The first kappa shape index (κ1) is 15.5. The van der Waals surface area contributed by atoms with E-state index >= 15 is 0 Å². The minimum absolute atomic E-state index is 0.0342. The Balaban J connectivity index is 1.99. The maximum Gasteiger partial charge on any atom is 0.416 e. The summed E-state index contributed by atoms with van der Waals surface area (Å²) in [7, 11) is 0. The van der Waals surface area contributed by atoms with Crippen molar-refractivity contribution in [1.29, 1.82) is 0 Å². The number of nitrogens with zero attached hydrogens (tertiary/aromatic N) is 1. The largest absolute Gasteiger partial charge is 0.416 e. The average Bonchev–Trinajstić information content (AvgIpc) is 2.99. The molecule has 0 saturated carbocycles. The quantitative estimate of drug-likeness (QED) is 0.829. The van der Waals surface area contributed by atoms with Gasteiger partial charge in [0.1, 0.15) is 17.1 Å². The molecule has 2 aromatic rings. The summed E-state index contributed by atoms with van der Waals surface area (Å²) in [4.78, 5) is 30.7. The zero-order valence-corrected chi connectivity index (χ0v) is 12.7. The van der Waals surface area contributed by atoms with Gasteiger partial charge in [0.2, 0.25) is 11.6 Å². The number of aromatic amines is 1. The minimum atomic E-state index is -4.51. The molecule has 23 heavy (non-hydrogen) atoms. The highest BCUT2D eigenvalue weighted by atomic mass is 79.9. The molecule has 1 aliphatic carbocycles. The fraction of sp³-hybridized carbons (Fsp3) is 0.0714. The number of nitrogens with one attached hydrogen (secondary N) is 2. The molecule has 1 heterocycles. The lowest BCUT2D eigenvalue weighted by atomic mass is 10.0. The van der Waals surface area contributed by atoms with Crippen molar-refractivity contribution in [3.8, 4) is 0 Å². The van der Waals surface area contributed by atoms with Crippen LogP contribution in [0.5, 0.6) is 0 Å². The van der Waals surface area contributed by atoms with Gasteiger partial charge in [-0.1, -0.05) is 6.07 Å². The van der Waals surface area contributed by atoms with E-state index in [1.165, 1.54) is 18.5 Å². The Morgan fingerprint density at radius 3 is 2.61 bits per heavy atom. The maximum absolute atomic E-state index is 12.7. The van der Waals surface area contributed by atoms with Crippen LogP contribution < -0.4 is 5.32 Å². The van der Waals surface area contributed by atoms with E-state index in [4.69, 9.17) is 0 Å². The SMILES string of the molecule is O=C1C(Nc2cccc(C(F)(F)F)c2)=C(Br)C(=O)c2[nH]cnc21. The second-order valence-corrected chi connectivity index (χ2v) is 5.47. The maximum atomic E-state index is 12.7. The van der Waals surface area contributed by atoms with Gasteiger partial charge in [0.25, 0.3) is 0 Å². The molecule has 0 aliphatic heterocycles. The first-order valence-electron chi connectivity index (χ1n) is 6.26. The number of anilines is 1. The molecule has 0 unspecified atom stereocenters. The van der Waals surface area contributed by atoms with Gasteiger partial charge in [-0.3, -0.25) is 9.59 Å². The second-order valence-electron chi connectivity index (χ2n) is 4.68. The standard InChI is InChI=1S/C14H7BrF3N3O2/c15-8-9(13(23)11-10(12(8)22)19-5-20-11)21-7-3-1-2-6(4-7)14(16,17)18/h1-5,21H,(H,19,20). The Labute approximate surface area is 135 Å². The molecule has 0 saturated heterocycles. The first-order chi connectivity index (χ1) is 10.8. The van der Waals surface area contributed by atoms with Crippen LogP contribution in [0, 0.1) is 0 Å². The molecule has 1 aliphatic rings. The monoisotopic (exact) mass is 385 g/mol. The molecule has 0 fully saturated rings. The molecule has 5 nitrogen and oxygen atoms in total. The molecule has 0 radical (unpaired) electrons. The number of ketones is 2. The number of carbonyl (C=O) groups is 2. The van der Waals surface area contributed by atoms with E-state index in [2.05, 4.69) is 31.2 Å². The summed E-state index contributed by atoms with van der Waals surface area (Å²) < 4.78 is 38.1. The van der Waals surface area contributed by atoms with E-state index < -0.39 is 23.3 Å². The van der Waals surface area contributed by atoms with Crippen LogP contribution in [0.1, 0.15) is 26.5 Å². The van der Waals surface area contributed by atoms with Crippen LogP contribution in [0.4, 0.5) is 18.9 Å². The third kappa shape index (κ3) is 2.67. The molecule has 118 valence electrons. The molecule has 3 rings (SSSR count). The van der Waals surface area contributed by atoms with Gasteiger partial charge in [-0.05, 0) is 34.1 Å². The molecular weight excluding hydrogens is 379 g/mol. The van der Waals surface area contributed by atoms with Gasteiger partial charge in [-0.15, -0.1) is 0 Å². The summed E-state index contributed by atoms with van der Waals surface area (Å²) in [6.45, 7) is 0. The Bertz CT molecular complexity index is 855. The van der Waals surface area contributed by atoms with Crippen molar-refractivity contribution in [2.45, 2.75) is 6.18 Å². The highest BCUT2D eigenvalue weighted by Crippen LogP contribution is 2.33. The highest BCUT2D eigenvalue weighted by molar-refractivity contribution is 9.12. The van der Waals surface area contributed by atoms with E-state index in [0.717, 1.165) is 12.1 Å². The smallest absolute Gasteiger partial charge is 0.351 e. The van der Waals surface area contributed by atoms with Gasteiger partial charge in [-0.25, -0.2) is 4.98 Å². The molecule has 0 bridgehead atoms. The number of carbonyl (C=O) groups excluding carboxylic acids is 2. The highest BCUT2D eigenvalue weighted by Gasteiger charge is 2.34. The lowest BCUT2D eigenvalue weighted by Crippen LogP contribution is -2.24. The number of benzene rings is 1. The van der Waals surface area contributed by atoms with Crippen molar-refractivity contribution in [3.63, 3.8) is 0 Å². The summed E-state index contributed by atoms with van der Waals surface area (Å²) in [5, 5.41) is 2.56. The zero-order chi connectivity index (χ0) is 16.8. The molecule has 2 N–H and O–H groups in total. The number of aromatic nitrogens is 2. The summed E-state index contributed by atoms with van der Waals surface area (Å²) in [6.07, 6.45) is -3.31. The molecule has 0 spiro atoms. The Morgan fingerprint density at radius 2 is 1.91 bits per heavy atom. The lowest BCUT2D eigenvalue weighted by Gasteiger charge is -2.17. The Kier molecular flexibility index (Phi) is 3.59. The average molecular weight is 386 g/mol. The normalized spacial score (nSPS) is 15.0. The van der Waals surface area contributed by atoms with Crippen LogP contribution in [0.25, 0.3) is 0 Å². The zero-order valence-electron chi connectivity index (χ0n) is 11.2. The number of hydrogen-bond donors (Lipinski definition) is 2. The number of imidazole rings is 1. The number of allylic oxidation sites excluding steroid dienone is 2. The summed E-state index contributed by atoms with van der Waals surface area (Å²) >= 11 is 3.01. The summed E-state index contributed by atoms with van der Waals surface area (Å²) in [6, 6.07) is 4.33. The van der Waals surface area contributed by atoms with E-state index in [-0.39, 0.29) is 27.3 Å². The van der Waals surface area contributed by atoms with Gasteiger partial charge in [0.15, 0.2) is 0 Å². The van der Waals surface area contributed by atoms with Gasteiger partial charge >= 0.3 is 6.18 Å². The van der Waals surface area contributed by atoms with Crippen molar-refractivity contribution in [3.05, 3.63) is 57.7 Å². The van der Waals surface area contributed by atoms with Crippen LogP contribution in [-0.4, -0.2) is 21.5 Å². The molecule has 1 aromatic carbocycles. The number of Topliss-reactive ketones (excluding diaryl/α,β-unsaturated/α-hetero) is 2. The number of H-pyrrole nitrogens is 1. The van der Waals surface area contributed by atoms with E-state index in [1.54, 1.807) is 0 Å². The predicted molar refractivity (Wildman–Crippen MR) is 78.3 cm³/mol. The summed E-state index contributed by atoms with van der Waals surface area (Å²) in [5.74, 6) is -1.10. The van der Waals surface area contributed by atoms with Crippen LogP contribution in [-0.2, 0) is 6.18 Å². The lowest BCUT2D eigenvalue weighted by molar-refractivity contribution is -0.137. The third-order valence-electron chi connectivity index (χ3n) is 3.19. The van der Waals surface area contributed by atoms with Gasteiger partial charge in [0, 0.05) is 5.69 Å². The van der Waals surface area contributed by atoms with Gasteiger partial charge < -0.3 is 10.3 Å². The van der Waals surface area contributed by atoms with Crippen molar-refractivity contribution in [1.82, 2.24) is 9.97 Å². The van der Waals surface area contributed by atoms with E-state index in [1.807, 2.05) is 0 Å². The molecule has 9 heteroatoms. The molecule has 1 aromatic heterocycles. The second kappa shape index (κ2) is 5.34. The number of halogens is 4. The van der Waals surface area contributed by atoms with Crippen molar-refractivity contribution in [2.24, 2.45) is 0 Å². The van der Waals surface area contributed by atoms with Gasteiger partial charge in [-0.2, -0.15) is 13.2 Å².